The van der Waals surface area contributed by atoms with E-state index in [1.54, 1.807) is 19.1 Å². The fourth-order valence-corrected chi connectivity index (χ4v) is 2.99. The minimum absolute atomic E-state index is 0.0607. The molecule has 1 aromatic heterocycles. The molecule has 0 aliphatic carbocycles. The second kappa shape index (κ2) is 6.62. The first-order chi connectivity index (χ1) is 12.1. The maximum Gasteiger partial charge on any atom is 0.329 e. The molecule has 1 heterocycles. The van der Waals surface area contributed by atoms with Gasteiger partial charge in [0.25, 0.3) is 5.56 Å². The summed E-state index contributed by atoms with van der Waals surface area (Å²) in [7, 11) is 0. The number of terminal acetylenes is 1. The maximum atomic E-state index is 13.3. The van der Waals surface area contributed by atoms with Crippen molar-refractivity contribution in [2.24, 2.45) is 0 Å². The molecule has 0 saturated carbocycles. The Morgan fingerprint density at radius 3 is 2.60 bits per heavy atom. The summed E-state index contributed by atoms with van der Waals surface area (Å²) >= 11 is 0. The Balaban J connectivity index is 2.35. The Morgan fingerprint density at radius 1 is 1.16 bits per heavy atom. The Morgan fingerprint density at radius 2 is 1.88 bits per heavy atom. The molecule has 0 amide bonds. The van der Waals surface area contributed by atoms with Gasteiger partial charge in [0.05, 0.1) is 6.54 Å². The number of benzene rings is 2. The third-order valence-electron chi connectivity index (χ3n) is 4.15. The molecule has 0 radical (unpaired) electrons. The van der Waals surface area contributed by atoms with Crippen molar-refractivity contribution in [3.05, 3.63) is 80.1 Å². The predicted octanol–water partition coefficient (Wildman–Crippen LogP) is 2.12. The normalized spacial score (nSPS) is 10.6. The lowest BCUT2D eigenvalue weighted by molar-refractivity contribution is 0.102. The van der Waals surface area contributed by atoms with E-state index in [4.69, 9.17) is 6.42 Å². The largest absolute Gasteiger partial charge is 0.329 e. The Hall–Kier alpha value is -3.39. The number of rotatable bonds is 4. The highest BCUT2D eigenvalue weighted by atomic mass is 16.2. The fraction of sp³-hybridized carbons (Fsp3) is 0.150. The number of H-pyrrole nitrogens is 1. The van der Waals surface area contributed by atoms with Crippen molar-refractivity contribution in [1.29, 1.82) is 0 Å². The first kappa shape index (κ1) is 16.5. The van der Waals surface area contributed by atoms with Gasteiger partial charge < -0.3 is 0 Å². The van der Waals surface area contributed by atoms with Crippen molar-refractivity contribution in [3.63, 3.8) is 0 Å². The summed E-state index contributed by atoms with van der Waals surface area (Å²) in [6.45, 7) is 1.67. The molecule has 0 saturated heterocycles. The monoisotopic (exact) mass is 332 g/mol. The van der Waals surface area contributed by atoms with Crippen molar-refractivity contribution in [1.82, 2.24) is 9.55 Å². The first-order valence-corrected chi connectivity index (χ1v) is 7.90. The minimum Gasteiger partial charge on any atom is -0.287 e. The van der Waals surface area contributed by atoms with Gasteiger partial charge in [-0.15, -0.1) is 6.42 Å². The SMILES string of the molecule is C#CCn1c(C(=O)c2cccc3ccccc23)c(CC)c(=O)[nH]c1=O. The van der Waals surface area contributed by atoms with Crippen LogP contribution in [0.25, 0.3) is 10.8 Å². The van der Waals surface area contributed by atoms with Crippen molar-refractivity contribution >= 4 is 16.6 Å². The quantitative estimate of drug-likeness (QED) is 0.587. The fourth-order valence-electron chi connectivity index (χ4n) is 2.99. The molecule has 0 spiro atoms. The molecule has 3 aromatic rings. The molecule has 0 atom stereocenters. The van der Waals surface area contributed by atoms with E-state index in [0.29, 0.717) is 12.0 Å². The van der Waals surface area contributed by atoms with Crippen molar-refractivity contribution in [3.8, 4) is 12.3 Å². The lowest BCUT2D eigenvalue weighted by atomic mass is 9.97. The number of hydrogen-bond acceptors (Lipinski definition) is 3. The van der Waals surface area contributed by atoms with Gasteiger partial charge in [-0.2, -0.15) is 0 Å². The third-order valence-corrected chi connectivity index (χ3v) is 4.15. The molecule has 124 valence electrons. The van der Waals surface area contributed by atoms with E-state index in [2.05, 4.69) is 10.9 Å². The second-order valence-corrected chi connectivity index (χ2v) is 5.59. The number of fused-ring (bicyclic) bond motifs is 1. The summed E-state index contributed by atoms with van der Waals surface area (Å²) in [4.78, 5) is 39.8. The van der Waals surface area contributed by atoms with Crippen molar-refractivity contribution in [2.45, 2.75) is 19.9 Å². The van der Waals surface area contributed by atoms with Crippen LogP contribution in [0.4, 0.5) is 0 Å². The van der Waals surface area contributed by atoms with Crippen LogP contribution >= 0.6 is 0 Å². The lowest BCUT2D eigenvalue weighted by Gasteiger charge is -2.14. The number of hydrogen-bond donors (Lipinski definition) is 1. The number of carbonyl (C=O) groups is 1. The number of aromatic amines is 1. The highest BCUT2D eigenvalue weighted by Gasteiger charge is 2.22. The average Bonchev–Trinajstić information content (AvgIpc) is 2.62. The van der Waals surface area contributed by atoms with Gasteiger partial charge in [0, 0.05) is 11.1 Å². The highest BCUT2D eigenvalue weighted by molar-refractivity contribution is 6.16. The van der Waals surface area contributed by atoms with Gasteiger partial charge in [0.2, 0.25) is 5.78 Å². The smallest absolute Gasteiger partial charge is 0.287 e. The molecular formula is C20H16N2O3. The molecule has 2 aromatic carbocycles. The number of carbonyl (C=O) groups excluding carboxylic acids is 1. The van der Waals surface area contributed by atoms with Crippen molar-refractivity contribution in [2.75, 3.05) is 0 Å². The molecular weight excluding hydrogens is 316 g/mol. The van der Waals surface area contributed by atoms with Gasteiger partial charge in [0.1, 0.15) is 5.69 Å². The van der Waals surface area contributed by atoms with E-state index in [1.807, 2.05) is 30.3 Å². The summed E-state index contributed by atoms with van der Waals surface area (Å²) < 4.78 is 1.16. The standard InChI is InChI=1S/C20H16N2O3/c1-3-12-22-17(14(4-2)19(24)21-20(22)25)18(23)16-11-7-9-13-8-5-6-10-15(13)16/h1,5-11H,4,12H2,2H3,(H,21,24,25). The Kier molecular flexibility index (Phi) is 4.36. The molecule has 25 heavy (non-hydrogen) atoms. The topological polar surface area (TPSA) is 71.9 Å². The van der Waals surface area contributed by atoms with Gasteiger partial charge in [-0.05, 0) is 17.2 Å². The van der Waals surface area contributed by atoms with E-state index >= 15 is 0 Å². The molecule has 0 bridgehead atoms. The average molecular weight is 332 g/mol. The first-order valence-electron chi connectivity index (χ1n) is 7.90. The lowest BCUT2D eigenvalue weighted by Crippen LogP contribution is -2.37. The van der Waals surface area contributed by atoms with Crippen LogP contribution in [0.1, 0.15) is 28.5 Å². The van der Waals surface area contributed by atoms with E-state index < -0.39 is 11.2 Å². The van der Waals surface area contributed by atoms with E-state index in [0.717, 1.165) is 15.3 Å². The van der Waals surface area contributed by atoms with Gasteiger partial charge in [-0.1, -0.05) is 55.3 Å². The Bertz CT molecular complexity index is 1120. The van der Waals surface area contributed by atoms with E-state index in [9.17, 15) is 14.4 Å². The molecule has 0 aliphatic rings. The summed E-state index contributed by atoms with van der Waals surface area (Å²) in [5.74, 6) is 1.99. The summed E-state index contributed by atoms with van der Waals surface area (Å²) in [5.41, 5.74) is -0.477. The number of ketones is 1. The zero-order valence-electron chi connectivity index (χ0n) is 13.7. The van der Waals surface area contributed by atoms with Crippen LogP contribution in [0.3, 0.4) is 0 Å². The summed E-state index contributed by atoms with van der Waals surface area (Å²) in [6.07, 6.45) is 5.66. The zero-order chi connectivity index (χ0) is 18.0. The van der Waals surface area contributed by atoms with Crippen molar-refractivity contribution < 1.29 is 4.79 Å². The molecule has 5 nitrogen and oxygen atoms in total. The van der Waals surface area contributed by atoms with Gasteiger partial charge in [0.15, 0.2) is 0 Å². The van der Waals surface area contributed by atoms with Crippen LogP contribution in [-0.2, 0) is 13.0 Å². The van der Waals surface area contributed by atoms with Crippen LogP contribution in [0.5, 0.6) is 0 Å². The van der Waals surface area contributed by atoms with Gasteiger partial charge in [-0.3, -0.25) is 19.1 Å². The van der Waals surface area contributed by atoms with Crippen LogP contribution in [0.2, 0.25) is 0 Å². The highest BCUT2D eigenvalue weighted by Crippen LogP contribution is 2.22. The van der Waals surface area contributed by atoms with Gasteiger partial charge >= 0.3 is 5.69 Å². The molecule has 0 unspecified atom stereocenters. The number of nitrogens with zero attached hydrogens (tertiary/aromatic N) is 1. The maximum absolute atomic E-state index is 13.3. The number of aromatic nitrogens is 2. The zero-order valence-corrected chi connectivity index (χ0v) is 13.7. The second-order valence-electron chi connectivity index (χ2n) is 5.59. The van der Waals surface area contributed by atoms with Crippen LogP contribution in [0.15, 0.2) is 52.1 Å². The number of nitrogens with one attached hydrogen (secondary N) is 1. The van der Waals surface area contributed by atoms with Crippen LogP contribution in [-0.4, -0.2) is 15.3 Å². The van der Waals surface area contributed by atoms with E-state index in [-0.39, 0.29) is 23.6 Å². The summed E-state index contributed by atoms with van der Waals surface area (Å²) in [5, 5.41) is 1.67. The summed E-state index contributed by atoms with van der Waals surface area (Å²) in [6, 6.07) is 12.8. The minimum atomic E-state index is -0.677. The van der Waals surface area contributed by atoms with Gasteiger partial charge in [-0.25, -0.2) is 4.79 Å². The predicted molar refractivity (Wildman–Crippen MR) is 96.9 cm³/mol. The Labute approximate surface area is 143 Å². The van der Waals surface area contributed by atoms with Crippen LogP contribution < -0.4 is 11.2 Å². The van der Waals surface area contributed by atoms with Crippen LogP contribution in [0, 0.1) is 12.3 Å². The molecule has 0 aliphatic heterocycles. The molecule has 3 rings (SSSR count). The molecule has 5 heteroatoms. The molecule has 1 N–H and O–H groups in total. The third kappa shape index (κ3) is 2.79. The van der Waals surface area contributed by atoms with E-state index in [1.165, 1.54) is 0 Å². The molecule has 0 fully saturated rings.